The zero-order valence-corrected chi connectivity index (χ0v) is 17.2. The minimum absolute atomic E-state index is 0.0621. The van der Waals surface area contributed by atoms with Gasteiger partial charge in [-0.2, -0.15) is 5.10 Å². The first-order valence-corrected chi connectivity index (χ1v) is 9.82. The summed E-state index contributed by atoms with van der Waals surface area (Å²) in [6.45, 7) is 0. The molecule has 0 radical (unpaired) electrons. The number of halogens is 1. The van der Waals surface area contributed by atoms with Crippen LogP contribution in [0.3, 0.4) is 0 Å². The van der Waals surface area contributed by atoms with Crippen LogP contribution < -0.4 is 5.43 Å². The van der Waals surface area contributed by atoms with E-state index < -0.39 is 15.8 Å². The highest BCUT2D eigenvalue weighted by Crippen LogP contribution is 2.35. The highest BCUT2D eigenvalue weighted by Gasteiger charge is 2.16. The van der Waals surface area contributed by atoms with Crippen molar-refractivity contribution in [1.82, 2.24) is 5.43 Å². The van der Waals surface area contributed by atoms with Crippen LogP contribution in [-0.2, 0) is 0 Å². The quantitative estimate of drug-likeness (QED) is 0.300. The molecule has 0 fully saturated rings. The van der Waals surface area contributed by atoms with Gasteiger partial charge < -0.3 is 0 Å². The van der Waals surface area contributed by atoms with Crippen LogP contribution in [0.25, 0.3) is 0 Å². The summed E-state index contributed by atoms with van der Waals surface area (Å²) in [5.74, 6) is -0.649. The first-order valence-electron chi connectivity index (χ1n) is 8.63. The van der Waals surface area contributed by atoms with Gasteiger partial charge in [-0.05, 0) is 36.4 Å². The number of nitrogens with zero attached hydrogens (tertiary/aromatic N) is 3. The lowest BCUT2D eigenvalue weighted by Crippen LogP contribution is -2.17. The Balaban J connectivity index is 1.73. The lowest BCUT2D eigenvalue weighted by Gasteiger charge is -2.04. The van der Waals surface area contributed by atoms with E-state index >= 15 is 0 Å². The molecule has 0 aliphatic carbocycles. The number of carbonyl (C=O) groups is 1. The topological polar surface area (TPSA) is 128 Å². The SMILES string of the molecule is O=C(N/N=C\c1ccc(Sc2ccc(Cl)cc2)c([N+](=O)[O-])c1)c1cccc([N+](=O)[O-])c1. The van der Waals surface area contributed by atoms with Crippen LogP contribution in [0.1, 0.15) is 15.9 Å². The van der Waals surface area contributed by atoms with Crippen molar-refractivity contribution >= 4 is 46.9 Å². The van der Waals surface area contributed by atoms with Gasteiger partial charge >= 0.3 is 0 Å². The number of nitrogens with one attached hydrogen (secondary N) is 1. The Labute approximate surface area is 185 Å². The summed E-state index contributed by atoms with van der Waals surface area (Å²) in [6.07, 6.45) is 1.25. The normalized spacial score (nSPS) is 10.7. The van der Waals surface area contributed by atoms with Crippen molar-refractivity contribution in [3.05, 3.63) is 103 Å². The second kappa shape index (κ2) is 9.83. The lowest BCUT2D eigenvalue weighted by molar-refractivity contribution is -0.387. The molecule has 11 heteroatoms. The Morgan fingerprint density at radius 3 is 2.42 bits per heavy atom. The molecule has 156 valence electrons. The van der Waals surface area contributed by atoms with Crippen molar-refractivity contribution in [2.24, 2.45) is 5.10 Å². The van der Waals surface area contributed by atoms with Gasteiger partial charge in [-0.25, -0.2) is 5.43 Å². The van der Waals surface area contributed by atoms with Crippen LogP contribution in [0.2, 0.25) is 5.02 Å². The average Bonchev–Trinajstić information content (AvgIpc) is 2.76. The largest absolute Gasteiger partial charge is 0.283 e. The number of hydrogen-bond donors (Lipinski definition) is 1. The van der Waals surface area contributed by atoms with E-state index in [1.165, 1.54) is 42.2 Å². The monoisotopic (exact) mass is 456 g/mol. The van der Waals surface area contributed by atoms with Crippen LogP contribution in [0.5, 0.6) is 0 Å². The van der Waals surface area contributed by atoms with E-state index in [0.29, 0.717) is 15.5 Å². The predicted octanol–water partition coefficient (Wildman–Crippen LogP) is 5.07. The van der Waals surface area contributed by atoms with E-state index in [1.807, 2.05) is 0 Å². The molecule has 0 bridgehead atoms. The zero-order chi connectivity index (χ0) is 22.4. The number of carbonyl (C=O) groups excluding carboxylic acids is 1. The van der Waals surface area contributed by atoms with Gasteiger partial charge in [0.15, 0.2) is 0 Å². The minimum Gasteiger partial charge on any atom is -0.267 e. The van der Waals surface area contributed by atoms with Crippen molar-refractivity contribution < 1.29 is 14.6 Å². The molecule has 31 heavy (non-hydrogen) atoms. The maximum Gasteiger partial charge on any atom is 0.283 e. The van der Waals surface area contributed by atoms with Gasteiger partial charge in [-0.15, -0.1) is 0 Å². The molecule has 0 atom stereocenters. The maximum atomic E-state index is 12.1. The average molecular weight is 457 g/mol. The number of hydrogen-bond acceptors (Lipinski definition) is 7. The number of nitro benzene ring substituents is 2. The third-order valence-electron chi connectivity index (χ3n) is 3.92. The maximum absolute atomic E-state index is 12.1. The Bertz CT molecular complexity index is 1180. The van der Waals surface area contributed by atoms with Gasteiger partial charge in [0.2, 0.25) is 0 Å². The van der Waals surface area contributed by atoms with Crippen molar-refractivity contribution in [3.8, 4) is 0 Å². The first kappa shape index (κ1) is 21.9. The van der Waals surface area contributed by atoms with Crippen molar-refractivity contribution in [3.63, 3.8) is 0 Å². The predicted molar refractivity (Wildman–Crippen MR) is 117 cm³/mol. The molecule has 0 saturated heterocycles. The highest BCUT2D eigenvalue weighted by atomic mass is 35.5. The molecule has 0 aliphatic rings. The van der Waals surface area contributed by atoms with Crippen LogP contribution in [0, 0.1) is 20.2 Å². The minimum atomic E-state index is -0.649. The summed E-state index contributed by atoms with van der Waals surface area (Å²) in [5, 5.41) is 26.6. The number of benzene rings is 3. The molecule has 9 nitrogen and oxygen atoms in total. The second-order valence-electron chi connectivity index (χ2n) is 6.05. The van der Waals surface area contributed by atoms with Crippen LogP contribution >= 0.6 is 23.4 Å². The van der Waals surface area contributed by atoms with E-state index in [0.717, 1.165) is 11.0 Å². The molecule has 1 N–H and O–H groups in total. The molecule has 0 heterocycles. The van der Waals surface area contributed by atoms with Crippen LogP contribution in [0.4, 0.5) is 11.4 Å². The molecule has 0 aliphatic heterocycles. The van der Waals surface area contributed by atoms with Crippen molar-refractivity contribution in [2.45, 2.75) is 9.79 Å². The van der Waals surface area contributed by atoms with Gasteiger partial charge in [0.25, 0.3) is 17.3 Å². The van der Waals surface area contributed by atoms with Crippen LogP contribution in [0.15, 0.2) is 81.6 Å². The molecular formula is C20H13ClN4O5S. The third kappa shape index (κ3) is 5.87. The molecule has 3 aromatic carbocycles. The van der Waals surface area contributed by atoms with Crippen molar-refractivity contribution in [1.29, 1.82) is 0 Å². The van der Waals surface area contributed by atoms with Crippen LogP contribution in [-0.4, -0.2) is 22.0 Å². The molecule has 3 aromatic rings. The fourth-order valence-corrected chi connectivity index (χ4v) is 3.49. The van der Waals surface area contributed by atoms with E-state index in [9.17, 15) is 25.0 Å². The summed E-state index contributed by atoms with van der Waals surface area (Å²) in [6, 6.07) is 16.6. The number of hydrazone groups is 1. The third-order valence-corrected chi connectivity index (χ3v) is 5.24. The van der Waals surface area contributed by atoms with Crippen molar-refractivity contribution in [2.75, 3.05) is 0 Å². The summed E-state index contributed by atoms with van der Waals surface area (Å²) in [4.78, 5) is 34.5. The Morgan fingerprint density at radius 2 is 1.74 bits per heavy atom. The van der Waals surface area contributed by atoms with Gasteiger partial charge in [0, 0.05) is 39.2 Å². The Morgan fingerprint density at radius 1 is 1.00 bits per heavy atom. The van der Waals surface area contributed by atoms with E-state index in [-0.39, 0.29) is 16.9 Å². The standard InChI is InChI=1S/C20H13ClN4O5S/c21-15-5-7-17(8-6-15)31-19-9-4-13(10-18(19)25(29)30)12-22-23-20(26)14-2-1-3-16(11-14)24(27)28/h1-12H,(H,23,26)/b22-12-. The van der Waals surface area contributed by atoms with E-state index in [2.05, 4.69) is 10.5 Å². The molecule has 0 aromatic heterocycles. The van der Waals surface area contributed by atoms with Gasteiger partial charge in [0.1, 0.15) is 0 Å². The molecule has 0 spiro atoms. The number of non-ortho nitro benzene ring substituents is 1. The molecular weight excluding hydrogens is 444 g/mol. The van der Waals surface area contributed by atoms with Gasteiger partial charge in [-0.3, -0.25) is 25.0 Å². The summed E-state index contributed by atoms with van der Waals surface area (Å²) in [5.41, 5.74) is 2.36. The smallest absolute Gasteiger partial charge is 0.267 e. The fourth-order valence-electron chi connectivity index (χ4n) is 2.46. The van der Waals surface area contributed by atoms with E-state index in [4.69, 9.17) is 11.6 Å². The van der Waals surface area contributed by atoms with Gasteiger partial charge in [0.05, 0.1) is 21.0 Å². The molecule has 0 saturated carbocycles. The zero-order valence-electron chi connectivity index (χ0n) is 15.6. The second-order valence-corrected chi connectivity index (χ2v) is 7.60. The summed E-state index contributed by atoms with van der Waals surface area (Å²) < 4.78 is 0. The highest BCUT2D eigenvalue weighted by molar-refractivity contribution is 7.99. The van der Waals surface area contributed by atoms with Gasteiger partial charge in [-0.1, -0.05) is 35.5 Å². The molecule has 1 amide bonds. The molecule has 0 unspecified atom stereocenters. The summed E-state index contributed by atoms with van der Waals surface area (Å²) >= 11 is 7.08. The Hall–Kier alpha value is -3.76. The summed E-state index contributed by atoms with van der Waals surface area (Å²) in [7, 11) is 0. The molecule has 3 rings (SSSR count). The van der Waals surface area contributed by atoms with E-state index in [1.54, 1.807) is 36.4 Å². The number of rotatable bonds is 7. The fraction of sp³-hybridized carbons (Fsp3) is 0. The number of nitro groups is 2. The lowest BCUT2D eigenvalue weighted by atomic mass is 10.2. The first-order chi connectivity index (χ1) is 14.8. The Kier molecular flexibility index (Phi) is 6.96. The number of amides is 1.